The number of nitro groups is 1. The maximum absolute atomic E-state index is 13.6. The van der Waals surface area contributed by atoms with Crippen molar-refractivity contribution < 1.29 is 28.7 Å². The average molecular weight is 479 g/mol. The van der Waals surface area contributed by atoms with Crippen LogP contribution in [0.15, 0.2) is 60.7 Å². The molecule has 9 nitrogen and oxygen atoms in total. The minimum Gasteiger partial charge on any atom is -0.493 e. The fourth-order valence-electron chi connectivity index (χ4n) is 4.33. The molecule has 0 aliphatic carbocycles. The number of methoxy groups -OCH3 is 3. The van der Waals surface area contributed by atoms with E-state index in [0.717, 1.165) is 11.1 Å². The zero-order valence-corrected chi connectivity index (χ0v) is 19.7. The number of carbonyl (C=O) groups excluding carboxylic acids is 1. The molecule has 1 heterocycles. The van der Waals surface area contributed by atoms with Crippen LogP contribution in [-0.4, -0.2) is 50.2 Å². The molecule has 35 heavy (non-hydrogen) atoms. The van der Waals surface area contributed by atoms with E-state index in [4.69, 9.17) is 18.9 Å². The Bertz CT molecular complexity index is 1240. The summed E-state index contributed by atoms with van der Waals surface area (Å²) in [4.78, 5) is 26.3. The smallest absolute Gasteiger partial charge is 0.282 e. The first-order valence-corrected chi connectivity index (χ1v) is 11.0. The van der Waals surface area contributed by atoms with Crippen LogP contribution in [-0.2, 0) is 6.42 Å². The molecule has 3 aromatic carbocycles. The van der Waals surface area contributed by atoms with E-state index in [1.165, 1.54) is 12.1 Å². The number of benzene rings is 3. The highest BCUT2D eigenvalue weighted by atomic mass is 16.6. The summed E-state index contributed by atoms with van der Waals surface area (Å²) in [6.45, 7) is 0.461. The van der Waals surface area contributed by atoms with Crippen molar-refractivity contribution in [2.75, 3.05) is 34.5 Å². The van der Waals surface area contributed by atoms with Crippen LogP contribution in [0.3, 0.4) is 0 Å². The van der Waals surface area contributed by atoms with Gasteiger partial charge >= 0.3 is 0 Å². The first-order chi connectivity index (χ1) is 17.0. The summed E-state index contributed by atoms with van der Waals surface area (Å²) >= 11 is 0. The lowest BCUT2D eigenvalue weighted by molar-refractivity contribution is -0.385. The van der Waals surface area contributed by atoms with Gasteiger partial charge in [0.25, 0.3) is 11.6 Å². The van der Waals surface area contributed by atoms with Gasteiger partial charge in [0, 0.05) is 12.6 Å². The molecule has 0 bridgehead atoms. The Kier molecular flexibility index (Phi) is 7.05. The standard InChI is InChI=1S/C26H26N2O7/c1-32-22-10-6-7-11-23(22)35-16-21-19-15-25(34-3)24(33-2)14-17(19)12-13-27(21)26(29)18-8-4-5-9-20(18)28(30)31/h4-11,14-15,21H,12-13,16H2,1-3H3/t21-/m1/s1. The molecular weight excluding hydrogens is 452 g/mol. The predicted octanol–water partition coefficient (Wildman–Crippen LogP) is 4.44. The van der Waals surface area contributed by atoms with Crippen molar-refractivity contribution in [1.82, 2.24) is 4.90 Å². The van der Waals surface area contributed by atoms with Crippen LogP contribution in [0, 0.1) is 10.1 Å². The third-order valence-electron chi connectivity index (χ3n) is 6.06. The van der Waals surface area contributed by atoms with Gasteiger partial charge in [0.1, 0.15) is 12.2 Å². The van der Waals surface area contributed by atoms with Crippen molar-refractivity contribution in [3.8, 4) is 23.0 Å². The van der Waals surface area contributed by atoms with Crippen molar-refractivity contribution in [1.29, 1.82) is 0 Å². The summed E-state index contributed by atoms with van der Waals surface area (Å²) in [7, 11) is 4.67. The number of carbonyl (C=O) groups is 1. The van der Waals surface area contributed by atoms with Gasteiger partial charge in [0.2, 0.25) is 0 Å². The first kappa shape index (κ1) is 23.9. The molecule has 0 unspecified atom stereocenters. The third kappa shape index (κ3) is 4.70. The zero-order chi connectivity index (χ0) is 24.9. The number of hydrogen-bond donors (Lipinski definition) is 0. The minimum absolute atomic E-state index is 0.0312. The van der Waals surface area contributed by atoms with Crippen LogP contribution >= 0.6 is 0 Å². The highest BCUT2D eigenvalue weighted by Gasteiger charge is 2.35. The Morgan fingerprint density at radius 3 is 2.26 bits per heavy atom. The molecule has 0 fully saturated rings. The van der Waals surface area contributed by atoms with Gasteiger partial charge in [0.05, 0.1) is 32.3 Å². The van der Waals surface area contributed by atoms with Crippen LogP contribution < -0.4 is 18.9 Å². The summed E-state index contributed by atoms with van der Waals surface area (Å²) in [5.74, 6) is 1.77. The van der Waals surface area contributed by atoms with Crippen molar-refractivity contribution >= 4 is 11.6 Å². The third-order valence-corrected chi connectivity index (χ3v) is 6.06. The molecule has 1 atom stereocenters. The normalized spacial score (nSPS) is 14.6. The Morgan fingerprint density at radius 1 is 0.943 bits per heavy atom. The maximum atomic E-state index is 13.6. The summed E-state index contributed by atoms with van der Waals surface area (Å²) < 4.78 is 22.5. The minimum atomic E-state index is -0.542. The second-order valence-electron chi connectivity index (χ2n) is 7.91. The Balaban J connectivity index is 1.76. The number of rotatable bonds is 8. The molecule has 0 N–H and O–H groups in total. The van der Waals surface area contributed by atoms with Gasteiger partial charge in [-0.15, -0.1) is 0 Å². The van der Waals surface area contributed by atoms with E-state index in [9.17, 15) is 14.9 Å². The van der Waals surface area contributed by atoms with Crippen molar-refractivity contribution in [3.05, 3.63) is 87.5 Å². The highest BCUT2D eigenvalue weighted by molar-refractivity contribution is 5.98. The lowest BCUT2D eigenvalue weighted by Gasteiger charge is -2.37. The number of amides is 1. The Morgan fingerprint density at radius 2 is 1.57 bits per heavy atom. The fourth-order valence-corrected chi connectivity index (χ4v) is 4.33. The molecule has 1 aliphatic rings. The van der Waals surface area contributed by atoms with Crippen LogP contribution in [0.1, 0.15) is 27.5 Å². The SMILES string of the molecule is COc1cc2c(cc1OC)[C@@H](COc1ccccc1OC)N(C(=O)c1ccccc1[N+](=O)[O-])CC2. The quantitative estimate of drug-likeness (QED) is 0.349. The van der Waals surface area contributed by atoms with Gasteiger partial charge in [-0.1, -0.05) is 24.3 Å². The number of nitrogens with zero attached hydrogens (tertiary/aromatic N) is 2. The van der Waals surface area contributed by atoms with Gasteiger partial charge in [-0.25, -0.2) is 0 Å². The lowest BCUT2D eigenvalue weighted by atomic mass is 9.91. The fraction of sp³-hybridized carbons (Fsp3) is 0.269. The van der Waals surface area contributed by atoms with Gasteiger partial charge in [-0.2, -0.15) is 0 Å². The van der Waals surface area contributed by atoms with Crippen LogP contribution in [0.2, 0.25) is 0 Å². The summed E-state index contributed by atoms with van der Waals surface area (Å²) in [5.41, 5.74) is 1.61. The van der Waals surface area contributed by atoms with Crippen molar-refractivity contribution in [3.63, 3.8) is 0 Å². The molecule has 0 radical (unpaired) electrons. The second-order valence-corrected chi connectivity index (χ2v) is 7.91. The molecule has 0 saturated heterocycles. The van der Waals surface area contributed by atoms with Crippen molar-refractivity contribution in [2.24, 2.45) is 0 Å². The Hall–Kier alpha value is -4.27. The van der Waals surface area contributed by atoms with Crippen LogP contribution in [0.25, 0.3) is 0 Å². The van der Waals surface area contributed by atoms with E-state index < -0.39 is 16.9 Å². The molecule has 182 valence electrons. The molecule has 3 aromatic rings. The predicted molar refractivity (Wildman–Crippen MR) is 129 cm³/mol. The largest absolute Gasteiger partial charge is 0.493 e. The Labute approximate surface area is 202 Å². The monoisotopic (exact) mass is 478 g/mol. The molecule has 4 rings (SSSR count). The molecule has 0 spiro atoms. The molecule has 1 amide bonds. The van der Waals surface area contributed by atoms with E-state index in [0.29, 0.717) is 36.0 Å². The van der Waals surface area contributed by atoms with Crippen LogP contribution in [0.5, 0.6) is 23.0 Å². The molecule has 0 saturated carbocycles. The van der Waals surface area contributed by atoms with E-state index in [2.05, 4.69) is 0 Å². The molecule has 1 aliphatic heterocycles. The topological polar surface area (TPSA) is 100 Å². The zero-order valence-electron chi connectivity index (χ0n) is 19.7. The summed E-state index contributed by atoms with van der Waals surface area (Å²) in [6.07, 6.45) is 0.549. The van der Waals surface area contributed by atoms with Gasteiger partial charge in [0.15, 0.2) is 23.0 Å². The molecular formula is C26H26N2O7. The van der Waals surface area contributed by atoms with Crippen molar-refractivity contribution in [2.45, 2.75) is 12.5 Å². The summed E-state index contributed by atoms with van der Waals surface area (Å²) in [6, 6.07) is 16.4. The number of fused-ring (bicyclic) bond motifs is 1. The number of ether oxygens (including phenoxy) is 4. The molecule has 0 aromatic heterocycles. The summed E-state index contributed by atoms with van der Waals surface area (Å²) in [5, 5.41) is 11.6. The lowest BCUT2D eigenvalue weighted by Crippen LogP contribution is -2.42. The number of para-hydroxylation sites is 3. The van der Waals surface area contributed by atoms with E-state index in [1.54, 1.807) is 50.5 Å². The highest BCUT2D eigenvalue weighted by Crippen LogP contribution is 2.40. The van der Waals surface area contributed by atoms with E-state index in [1.807, 2.05) is 24.3 Å². The first-order valence-electron chi connectivity index (χ1n) is 11.0. The maximum Gasteiger partial charge on any atom is 0.282 e. The van der Waals surface area contributed by atoms with Gasteiger partial charge < -0.3 is 23.8 Å². The van der Waals surface area contributed by atoms with Crippen LogP contribution in [0.4, 0.5) is 5.69 Å². The average Bonchev–Trinajstić information content (AvgIpc) is 2.90. The number of hydrogen-bond acceptors (Lipinski definition) is 7. The van der Waals surface area contributed by atoms with Gasteiger partial charge in [-0.3, -0.25) is 14.9 Å². The number of nitro benzene ring substituents is 1. The second kappa shape index (κ2) is 10.3. The van der Waals surface area contributed by atoms with E-state index in [-0.39, 0.29) is 17.9 Å². The van der Waals surface area contributed by atoms with E-state index >= 15 is 0 Å². The molecule has 9 heteroatoms. The van der Waals surface area contributed by atoms with Gasteiger partial charge in [-0.05, 0) is 47.9 Å².